The fourth-order valence-corrected chi connectivity index (χ4v) is 9.31. The summed E-state index contributed by atoms with van der Waals surface area (Å²) in [6, 6.07) is 4.94. The molecule has 5 fully saturated rings. The molecule has 1 saturated heterocycles. The Labute approximate surface area is 185 Å². The van der Waals surface area contributed by atoms with Gasteiger partial charge in [-0.05, 0) is 69.0 Å². The van der Waals surface area contributed by atoms with Gasteiger partial charge in [-0.1, -0.05) is 13.0 Å². The maximum atomic E-state index is 10.7. The SMILES string of the molecule is COc1ccc2c3c1O[C@H]1[C@@]4(OC)CC[C@@]5(C[C@@]4(C)CO)[C@@H](C2)N(CC2CC2)CC[C@]315. The minimum Gasteiger partial charge on any atom is -0.493 e. The van der Waals surface area contributed by atoms with Crippen LogP contribution in [0, 0.1) is 16.7 Å². The number of hydrogen-bond donors (Lipinski definition) is 1. The van der Waals surface area contributed by atoms with Gasteiger partial charge in [-0.15, -0.1) is 0 Å². The third-order valence-corrected chi connectivity index (χ3v) is 10.7. The van der Waals surface area contributed by atoms with Crippen molar-refractivity contribution < 1.29 is 19.3 Å². The van der Waals surface area contributed by atoms with Gasteiger partial charge >= 0.3 is 0 Å². The van der Waals surface area contributed by atoms with Gasteiger partial charge in [-0.2, -0.15) is 0 Å². The lowest BCUT2D eigenvalue weighted by Gasteiger charge is -2.76. The second kappa shape index (κ2) is 5.78. The van der Waals surface area contributed by atoms with Crippen LogP contribution in [0.2, 0.25) is 0 Å². The Morgan fingerprint density at radius 2 is 2.03 bits per heavy atom. The van der Waals surface area contributed by atoms with E-state index in [0.29, 0.717) is 6.04 Å². The van der Waals surface area contributed by atoms with Gasteiger partial charge in [0.25, 0.3) is 0 Å². The molecule has 2 aliphatic heterocycles. The fraction of sp³-hybridized carbons (Fsp3) is 0.769. The first-order valence-electron chi connectivity index (χ1n) is 12.3. The molecule has 0 unspecified atom stereocenters. The zero-order chi connectivity index (χ0) is 21.2. The zero-order valence-corrected chi connectivity index (χ0v) is 19.1. The van der Waals surface area contributed by atoms with Crippen molar-refractivity contribution in [3.05, 3.63) is 23.3 Å². The number of fused-ring (bicyclic) bond motifs is 2. The summed E-state index contributed by atoms with van der Waals surface area (Å²) in [5.74, 6) is 2.71. The number of piperidine rings is 1. The molecule has 0 radical (unpaired) electrons. The minimum atomic E-state index is -0.467. The molecule has 0 amide bonds. The predicted octanol–water partition coefficient (Wildman–Crippen LogP) is 3.30. The van der Waals surface area contributed by atoms with E-state index in [2.05, 4.69) is 24.0 Å². The van der Waals surface area contributed by atoms with Crippen molar-refractivity contribution in [2.45, 2.75) is 75.0 Å². The lowest BCUT2D eigenvalue weighted by Crippen LogP contribution is -2.83. The molecule has 1 aromatic rings. The molecule has 4 saturated carbocycles. The average molecular weight is 426 g/mol. The van der Waals surface area contributed by atoms with E-state index < -0.39 is 5.60 Å². The highest BCUT2D eigenvalue weighted by atomic mass is 16.6. The molecule has 1 N–H and O–H groups in total. The molecule has 31 heavy (non-hydrogen) atoms. The number of methoxy groups -OCH3 is 2. The van der Waals surface area contributed by atoms with Gasteiger partial charge in [0.2, 0.25) is 0 Å². The fourth-order valence-electron chi connectivity index (χ4n) is 9.31. The van der Waals surface area contributed by atoms with Crippen LogP contribution in [0.3, 0.4) is 0 Å². The summed E-state index contributed by atoms with van der Waals surface area (Å²) in [6.45, 7) is 4.80. The molecule has 2 heterocycles. The second-order valence-electron chi connectivity index (χ2n) is 11.7. The number of nitrogens with zero attached hydrogens (tertiary/aromatic N) is 1. The Bertz CT molecular complexity index is 961. The van der Waals surface area contributed by atoms with Crippen LogP contribution in [-0.2, 0) is 16.6 Å². The van der Waals surface area contributed by atoms with E-state index >= 15 is 0 Å². The van der Waals surface area contributed by atoms with Crippen LogP contribution in [0.5, 0.6) is 11.5 Å². The van der Waals surface area contributed by atoms with Crippen molar-refractivity contribution in [3.63, 3.8) is 0 Å². The molecule has 4 bridgehead atoms. The Morgan fingerprint density at radius 1 is 1.19 bits per heavy atom. The van der Waals surface area contributed by atoms with Crippen molar-refractivity contribution in [2.75, 3.05) is 33.9 Å². The van der Waals surface area contributed by atoms with Gasteiger partial charge in [0.15, 0.2) is 11.5 Å². The molecule has 8 rings (SSSR count). The zero-order valence-electron chi connectivity index (χ0n) is 19.1. The highest BCUT2D eigenvalue weighted by Gasteiger charge is 2.83. The second-order valence-corrected chi connectivity index (χ2v) is 11.7. The monoisotopic (exact) mass is 425 g/mol. The Hall–Kier alpha value is -1.30. The molecule has 1 aromatic carbocycles. The third-order valence-electron chi connectivity index (χ3n) is 10.7. The smallest absolute Gasteiger partial charge is 0.165 e. The van der Waals surface area contributed by atoms with E-state index in [1.54, 1.807) is 7.11 Å². The van der Waals surface area contributed by atoms with Gasteiger partial charge < -0.3 is 19.3 Å². The van der Waals surface area contributed by atoms with E-state index in [1.165, 1.54) is 30.5 Å². The molecular formula is C26H35NO4. The van der Waals surface area contributed by atoms with Crippen LogP contribution in [0.1, 0.15) is 56.6 Å². The lowest BCUT2D eigenvalue weighted by molar-refractivity contribution is -0.311. The van der Waals surface area contributed by atoms with E-state index in [-0.39, 0.29) is 29.0 Å². The van der Waals surface area contributed by atoms with Crippen LogP contribution in [0.25, 0.3) is 0 Å². The number of aliphatic hydroxyl groups excluding tert-OH is 1. The van der Waals surface area contributed by atoms with Crippen molar-refractivity contribution in [3.8, 4) is 11.5 Å². The van der Waals surface area contributed by atoms with Gasteiger partial charge in [0.05, 0.1) is 13.7 Å². The molecule has 5 nitrogen and oxygen atoms in total. The maximum Gasteiger partial charge on any atom is 0.165 e. The van der Waals surface area contributed by atoms with E-state index in [9.17, 15) is 5.11 Å². The molecule has 5 heteroatoms. The number of rotatable bonds is 5. The van der Waals surface area contributed by atoms with Crippen LogP contribution >= 0.6 is 0 Å². The lowest BCUT2D eigenvalue weighted by atomic mass is 9.32. The number of benzene rings is 1. The molecule has 5 aliphatic carbocycles. The first-order valence-corrected chi connectivity index (χ1v) is 12.3. The van der Waals surface area contributed by atoms with Crippen molar-refractivity contribution in [1.29, 1.82) is 0 Å². The molecule has 168 valence electrons. The van der Waals surface area contributed by atoms with E-state index in [0.717, 1.165) is 56.1 Å². The molecule has 6 atom stereocenters. The summed E-state index contributed by atoms with van der Waals surface area (Å²) >= 11 is 0. The topological polar surface area (TPSA) is 51.2 Å². The molecular weight excluding hydrogens is 390 g/mol. The standard InChI is InChI=1S/C26H35NO4/c1-23(15-28)14-24-8-9-26(23,30-3)22-25(24)10-11-27(13-16-4-5-16)19(24)12-17-6-7-18(29-2)21(31-22)20(17)25/h6-7,16,19,22,28H,4-5,8-15H2,1-3H3/t19-,22-,23+,24-,25+,26+/m1/s1. The third kappa shape index (κ3) is 1.90. The Kier molecular flexibility index (Phi) is 3.58. The van der Waals surface area contributed by atoms with Gasteiger partial charge in [-0.25, -0.2) is 0 Å². The Morgan fingerprint density at radius 3 is 2.74 bits per heavy atom. The number of hydrogen-bond acceptors (Lipinski definition) is 5. The summed E-state index contributed by atoms with van der Waals surface area (Å²) in [6.07, 6.45) is 8.11. The summed E-state index contributed by atoms with van der Waals surface area (Å²) in [7, 11) is 3.59. The quantitative estimate of drug-likeness (QED) is 0.785. The first kappa shape index (κ1) is 19.2. The summed E-state index contributed by atoms with van der Waals surface area (Å²) in [4.78, 5) is 2.84. The van der Waals surface area contributed by atoms with Gasteiger partial charge in [0, 0.05) is 41.5 Å². The molecule has 2 spiro atoms. The van der Waals surface area contributed by atoms with Crippen LogP contribution in [0.4, 0.5) is 0 Å². The van der Waals surface area contributed by atoms with Crippen LogP contribution < -0.4 is 9.47 Å². The highest BCUT2D eigenvalue weighted by molar-refractivity contribution is 5.64. The minimum absolute atomic E-state index is 0.0296. The maximum absolute atomic E-state index is 10.7. The Balaban J connectivity index is 1.50. The number of aliphatic hydroxyl groups is 1. The van der Waals surface area contributed by atoms with Crippen molar-refractivity contribution >= 4 is 0 Å². The summed E-state index contributed by atoms with van der Waals surface area (Å²) in [5, 5.41) is 10.7. The van der Waals surface area contributed by atoms with Crippen molar-refractivity contribution in [2.24, 2.45) is 16.7 Å². The van der Waals surface area contributed by atoms with E-state index in [1.807, 2.05) is 7.11 Å². The van der Waals surface area contributed by atoms with E-state index in [4.69, 9.17) is 14.2 Å². The normalized spacial score (nSPS) is 46.6. The number of ether oxygens (including phenoxy) is 3. The van der Waals surface area contributed by atoms with Gasteiger partial charge in [0.1, 0.15) is 11.7 Å². The summed E-state index contributed by atoms with van der Waals surface area (Å²) in [5.41, 5.74) is 2.22. The van der Waals surface area contributed by atoms with Crippen molar-refractivity contribution in [1.82, 2.24) is 4.90 Å². The molecule has 0 aromatic heterocycles. The molecule has 7 aliphatic rings. The summed E-state index contributed by atoms with van der Waals surface area (Å²) < 4.78 is 19.2. The largest absolute Gasteiger partial charge is 0.493 e. The highest BCUT2D eigenvalue weighted by Crippen LogP contribution is 2.78. The predicted molar refractivity (Wildman–Crippen MR) is 117 cm³/mol. The van der Waals surface area contributed by atoms with Crippen LogP contribution in [0.15, 0.2) is 12.1 Å². The van der Waals surface area contributed by atoms with Crippen LogP contribution in [-0.4, -0.2) is 61.7 Å². The first-order chi connectivity index (χ1) is 15.0. The average Bonchev–Trinajstić information content (AvgIpc) is 3.52. The number of likely N-dealkylation sites (tertiary alicyclic amines) is 1. The van der Waals surface area contributed by atoms with Gasteiger partial charge in [-0.3, -0.25) is 4.90 Å².